The molecule has 0 spiro atoms. The SMILES string of the molecule is C=CCC(C=C)S(O)=S.C=CCS[S+]([O-])CC=C. The maximum absolute atomic E-state index is 10.8. The Morgan fingerprint density at radius 2 is 1.89 bits per heavy atom. The molecule has 0 saturated carbocycles. The van der Waals surface area contributed by atoms with Crippen LogP contribution in [0.2, 0.25) is 0 Å². The van der Waals surface area contributed by atoms with E-state index in [0.29, 0.717) is 12.2 Å². The van der Waals surface area contributed by atoms with Gasteiger partial charge < -0.3 is 9.11 Å². The van der Waals surface area contributed by atoms with Gasteiger partial charge in [0.2, 0.25) is 0 Å². The summed E-state index contributed by atoms with van der Waals surface area (Å²) in [6.07, 6.45) is 7.51. The van der Waals surface area contributed by atoms with Crippen LogP contribution in [0.1, 0.15) is 6.42 Å². The second-order valence-electron chi connectivity index (χ2n) is 2.91. The van der Waals surface area contributed by atoms with E-state index in [1.165, 1.54) is 10.8 Å². The van der Waals surface area contributed by atoms with Gasteiger partial charge in [0.1, 0.15) is 5.75 Å². The van der Waals surface area contributed by atoms with E-state index in [0.717, 1.165) is 5.75 Å². The minimum atomic E-state index is -0.959. The molecule has 0 amide bonds. The zero-order chi connectivity index (χ0) is 14.4. The summed E-state index contributed by atoms with van der Waals surface area (Å²) in [6, 6.07) is 0. The Kier molecular flexibility index (Phi) is 17.3. The molecule has 0 aromatic rings. The monoisotopic (exact) mass is 324 g/mol. The molecule has 0 aromatic heterocycles. The van der Waals surface area contributed by atoms with Crippen molar-refractivity contribution in [2.45, 2.75) is 11.7 Å². The van der Waals surface area contributed by atoms with Crippen LogP contribution in [0.4, 0.5) is 0 Å². The Labute approximate surface area is 124 Å². The zero-order valence-electron chi connectivity index (χ0n) is 10.3. The highest BCUT2D eigenvalue weighted by molar-refractivity contribution is 8.72. The normalized spacial score (nSPS) is 14.3. The lowest BCUT2D eigenvalue weighted by Gasteiger charge is -2.04. The molecule has 0 rings (SSSR count). The third-order valence-corrected chi connectivity index (χ3v) is 5.88. The lowest BCUT2D eigenvalue weighted by Crippen LogP contribution is -2.07. The molecule has 0 saturated heterocycles. The van der Waals surface area contributed by atoms with Gasteiger partial charge in [-0.1, -0.05) is 24.8 Å². The molecular formula is C12H20O2S4. The maximum atomic E-state index is 10.8. The van der Waals surface area contributed by atoms with E-state index in [2.05, 4.69) is 37.5 Å². The number of hydrogen-bond donors (Lipinski definition) is 1. The minimum Gasteiger partial charge on any atom is -0.605 e. The van der Waals surface area contributed by atoms with Gasteiger partial charge in [-0.15, -0.1) is 19.7 Å². The highest BCUT2D eigenvalue weighted by Gasteiger charge is 2.02. The molecule has 0 radical (unpaired) electrons. The van der Waals surface area contributed by atoms with Crippen molar-refractivity contribution in [1.29, 1.82) is 0 Å². The molecule has 6 heteroatoms. The van der Waals surface area contributed by atoms with Gasteiger partial charge in [-0.05, 0) is 23.7 Å². The van der Waals surface area contributed by atoms with E-state index in [4.69, 9.17) is 4.55 Å². The summed E-state index contributed by atoms with van der Waals surface area (Å²) in [5, 5.41) is 0.0116. The first-order valence-corrected chi connectivity index (χ1v) is 10.1. The van der Waals surface area contributed by atoms with E-state index in [1.807, 2.05) is 0 Å². The summed E-state index contributed by atoms with van der Waals surface area (Å²) in [6.45, 7) is 14.1. The topological polar surface area (TPSA) is 43.3 Å². The van der Waals surface area contributed by atoms with Crippen LogP contribution >= 0.6 is 10.8 Å². The van der Waals surface area contributed by atoms with Crippen LogP contribution in [-0.2, 0) is 31.1 Å². The summed E-state index contributed by atoms with van der Waals surface area (Å²) in [5.41, 5.74) is 0. The lowest BCUT2D eigenvalue weighted by atomic mass is 10.3. The van der Waals surface area contributed by atoms with Crippen molar-refractivity contribution in [3.05, 3.63) is 50.6 Å². The molecule has 0 aliphatic carbocycles. The molecular weight excluding hydrogens is 304 g/mol. The molecule has 0 aliphatic rings. The van der Waals surface area contributed by atoms with Crippen LogP contribution in [0.25, 0.3) is 0 Å². The molecule has 3 atom stereocenters. The van der Waals surface area contributed by atoms with Gasteiger partial charge >= 0.3 is 0 Å². The van der Waals surface area contributed by atoms with Crippen molar-refractivity contribution < 1.29 is 9.11 Å². The lowest BCUT2D eigenvalue weighted by molar-refractivity contribution is 0.612. The molecule has 1 N–H and O–H groups in total. The fourth-order valence-electron chi connectivity index (χ4n) is 0.693. The van der Waals surface area contributed by atoms with E-state index in [1.54, 1.807) is 24.3 Å². The van der Waals surface area contributed by atoms with Gasteiger partial charge in [0.25, 0.3) is 0 Å². The molecule has 0 aromatic carbocycles. The molecule has 2 nitrogen and oxygen atoms in total. The largest absolute Gasteiger partial charge is 0.605 e. The highest BCUT2D eigenvalue weighted by atomic mass is 33.1. The zero-order valence-corrected chi connectivity index (χ0v) is 13.6. The molecule has 3 unspecified atom stereocenters. The maximum Gasteiger partial charge on any atom is 0.135 e. The molecule has 0 aliphatic heterocycles. The van der Waals surface area contributed by atoms with Crippen LogP contribution in [0.15, 0.2) is 50.6 Å². The first-order valence-electron chi connectivity index (χ1n) is 5.09. The van der Waals surface area contributed by atoms with Crippen LogP contribution in [0.3, 0.4) is 0 Å². The van der Waals surface area contributed by atoms with Gasteiger partial charge in [0.15, 0.2) is 0 Å². The summed E-state index contributed by atoms with van der Waals surface area (Å²) < 4.78 is 19.6. The Bertz CT molecular complexity index is 279. The summed E-state index contributed by atoms with van der Waals surface area (Å²) in [4.78, 5) is 0. The van der Waals surface area contributed by atoms with Crippen molar-refractivity contribution in [1.82, 2.24) is 0 Å². The van der Waals surface area contributed by atoms with Crippen molar-refractivity contribution in [2.24, 2.45) is 0 Å². The fourth-order valence-corrected chi connectivity index (χ4v) is 3.49. The Hall–Kier alpha value is 0.150. The van der Waals surface area contributed by atoms with Gasteiger partial charge in [-0.3, -0.25) is 0 Å². The van der Waals surface area contributed by atoms with Gasteiger partial charge in [-0.2, -0.15) is 0 Å². The van der Waals surface area contributed by atoms with Crippen LogP contribution in [0.5, 0.6) is 0 Å². The van der Waals surface area contributed by atoms with E-state index in [9.17, 15) is 4.55 Å². The second-order valence-corrected chi connectivity index (χ2v) is 8.42. The van der Waals surface area contributed by atoms with Crippen molar-refractivity contribution in [2.75, 3.05) is 11.5 Å². The highest BCUT2D eigenvalue weighted by Crippen LogP contribution is 2.12. The van der Waals surface area contributed by atoms with Crippen molar-refractivity contribution in [3.8, 4) is 0 Å². The molecule has 104 valence electrons. The van der Waals surface area contributed by atoms with Crippen LogP contribution in [-0.4, -0.2) is 25.9 Å². The standard InChI is InChI=1S/2C6H10OS2/c1-3-5-8-9(7)6-4-2;1-3-5-6(4-2)9(7)8/h3-4H,1-2,5-6H2;3-4,6H,1-2,5H2,(H,7,8). The number of rotatable bonds is 9. The summed E-state index contributed by atoms with van der Waals surface area (Å²) in [5.74, 6) is 1.32. The van der Waals surface area contributed by atoms with E-state index < -0.39 is 19.9 Å². The average molecular weight is 325 g/mol. The quantitative estimate of drug-likeness (QED) is 0.401. The van der Waals surface area contributed by atoms with Crippen molar-refractivity contribution in [3.63, 3.8) is 0 Å². The van der Waals surface area contributed by atoms with E-state index in [-0.39, 0.29) is 5.25 Å². The van der Waals surface area contributed by atoms with Gasteiger partial charge in [-0.25, -0.2) is 0 Å². The summed E-state index contributed by atoms with van der Waals surface area (Å²) >= 11 is 4.63. The predicted octanol–water partition coefficient (Wildman–Crippen LogP) is 3.43. The molecule has 0 heterocycles. The van der Waals surface area contributed by atoms with Gasteiger partial charge in [0, 0.05) is 19.9 Å². The summed E-state index contributed by atoms with van der Waals surface area (Å²) in [7, 11) is -0.368. The molecule has 0 bridgehead atoms. The fraction of sp³-hybridized carbons (Fsp3) is 0.333. The van der Waals surface area contributed by atoms with E-state index >= 15 is 0 Å². The second kappa shape index (κ2) is 15.2. The Morgan fingerprint density at radius 3 is 2.17 bits per heavy atom. The Morgan fingerprint density at radius 1 is 1.28 bits per heavy atom. The average Bonchev–Trinajstić information content (AvgIpc) is 2.34. The third kappa shape index (κ3) is 14.2. The molecule has 0 fully saturated rings. The van der Waals surface area contributed by atoms with Gasteiger partial charge in [0.05, 0.1) is 21.8 Å². The number of hydrogen-bond acceptors (Lipinski definition) is 3. The van der Waals surface area contributed by atoms with Crippen LogP contribution in [0, 0.1) is 0 Å². The van der Waals surface area contributed by atoms with Crippen LogP contribution < -0.4 is 0 Å². The Balaban J connectivity index is 0. The number of allylic oxidation sites excluding steroid dienone is 1. The first kappa shape index (κ1) is 20.5. The molecule has 18 heavy (non-hydrogen) atoms. The third-order valence-electron chi connectivity index (χ3n) is 1.49. The minimum absolute atomic E-state index is 0.0116. The first-order chi connectivity index (χ1) is 8.53. The smallest absolute Gasteiger partial charge is 0.135 e. The predicted molar refractivity (Wildman–Crippen MR) is 92.0 cm³/mol. The van der Waals surface area contributed by atoms with Crippen molar-refractivity contribution >= 4 is 41.9 Å².